The molecule has 0 amide bonds. The first-order valence-corrected chi connectivity index (χ1v) is 8.49. The van der Waals surface area contributed by atoms with E-state index in [0.29, 0.717) is 6.42 Å². The van der Waals surface area contributed by atoms with Crippen LogP contribution in [0.5, 0.6) is 0 Å². The second-order valence-electron chi connectivity index (χ2n) is 8.33. The quantitative estimate of drug-likeness (QED) is 0.537. The Kier molecular flexibility index (Phi) is 2.42. The van der Waals surface area contributed by atoms with Crippen LogP contribution in [-0.2, 0) is 28.5 Å². The summed E-state index contributed by atoms with van der Waals surface area (Å²) in [5.41, 5.74) is -1.27. The number of rotatable bonds is 1. The van der Waals surface area contributed by atoms with Gasteiger partial charge in [-0.25, -0.2) is 0 Å². The van der Waals surface area contributed by atoms with Crippen LogP contribution >= 0.6 is 0 Å². The Morgan fingerprint density at radius 1 is 1.17 bits per heavy atom. The summed E-state index contributed by atoms with van der Waals surface area (Å²) in [6, 6.07) is 0. The summed E-state index contributed by atoms with van der Waals surface area (Å²) < 4.78 is 22.8. The van der Waals surface area contributed by atoms with Crippen LogP contribution in [-0.4, -0.2) is 43.1 Å². The number of ether oxygens (including phenoxy) is 4. The zero-order chi connectivity index (χ0) is 16.2. The summed E-state index contributed by atoms with van der Waals surface area (Å²) in [5, 5.41) is 0. The maximum atomic E-state index is 12.6. The smallest absolute Gasteiger partial charge is 0.312 e. The zero-order valence-corrected chi connectivity index (χ0v) is 13.7. The second-order valence-corrected chi connectivity index (χ2v) is 8.33. The molecule has 0 N–H and O–H groups in total. The molecule has 3 aliphatic heterocycles. The lowest BCUT2D eigenvalue weighted by atomic mass is 9.45. The fraction of sp³-hybridized carbons (Fsp3) is 0.882. The van der Waals surface area contributed by atoms with E-state index in [9.17, 15) is 9.59 Å². The van der Waals surface area contributed by atoms with Gasteiger partial charge in [-0.3, -0.25) is 9.59 Å². The molecule has 1 spiro atoms. The lowest BCUT2D eigenvalue weighted by molar-refractivity contribution is -0.231. The number of esters is 2. The highest BCUT2D eigenvalue weighted by Gasteiger charge is 2.85. The third kappa shape index (κ3) is 1.36. The third-order valence-electron chi connectivity index (χ3n) is 7.40. The molecule has 0 radical (unpaired) electrons. The maximum Gasteiger partial charge on any atom is 0.312 e. The minimum absolute atomic E-state index is 0.0153. The van der Waals surface area contributed by atoms with E-state index in [0.717, 1.165) is 19.3 Å². The highest BCUT2D eigenvalue weighted by molar-refractivity contribution is 5.80. The van der Waals surface area contributed by atoms with Crippen molar-refractivity contribution >= 4 is 11.9 Å². The molecule has 3 heterocycles. The molecule has 8 atom stereocenters. The Balaban J connectivity index is 1.67. The molecule has 0 aromatic rings. The van der Waals surface area contributed by atoms with Crippen molar-refractivity contribution in [3.05, 3.63) is 0 Å². The predicted molar refractivity (Wildman–Crippen MR) is 76.0 cm³/mol. The topological polar surface area (TPSA) is 74.4 Å². The van der Waals surface area contributed by atoms with Crippen LogP contribution in [0.3, 0.4) is 0 Å². The second kappa shape index (κ2) is 3.91. The van der Waals surface area contributed by atoms with Gasteiger partial charge in [0.1, 0.15) is 12.2 Å². The van der Waals surface area contributed by atoms with E-state index in [4.69, 9.17) is 18.9 Å². The molecule has 3 saturated heterocycles. The molecule has 2 aliphatic carbocycles. The van der Waals surface area contributed by atoms with Gasteiger partial charge in [0, 0.05) is 18.9 Å². The van der Waals surface area contributed by atoms with Crippen LogP contribution in [0, 0.1) is 22.7 Å². The van der Waals surface area contributed by atoms with Crippen molar-refractivity contribution in [2.24, 2.45) is 22.7 Å². The van der Waals surface area contributed by atoms with Gasteiger partial charge in [-0.1, -0.05) is 13.3 Å². The lowest BCUT2D eigenvalue weighted by Crippen LogP contribution is -2.64. The van der Waals surface area contributed by atoms with Crippen molar-refractivity contribution in [1.82, 2.24) is 0 Å². The predicted octanol–water partition coefficient (Wildman–Crippen LogP) is 1.41. The minimum Gasteiger partial charge on any atom is -0.459 e. The summed E-state index contributed by atoms with van der Waals surface area (Å²) in [6.45, 7) is 4.24. The first-order chi connectivity index (χ1) is 10.9. The number of methoxy groups -OCH3 is 1. The van der Waals surface area contributed by atoms with Gasteiger partial charge >= 0.3 is 11.9 Å². The highest BCUT2D eigenvalue weighted by Crippen LogP contribution is 2.73. The van der Waals surface area contributed by atoms with E-state index in [2.05, 4.69) is 6.92 Å². The SMILES string of the molecule is COC1OC(=O)CC2C13OC3[C@H]1OC(=O)C3(C)CCC[C@@]2(C)C13. The number of cyclic esters (lactones) is 1. The Morgan fingerprint density at radius 2 is 1.96 bits per heavy atom. The van der Waals surface area contributed by atoms with Crippen LogP contribution in [0.2, 0.25) is 0 Å². The summed E-state index contributed by atoms with van der Waals surface area (Å²) in [6.07, 6.45) is 1.97. The molecule has 2 saturated carbocycles. The molecular formula is C17H22O6. The third-order valence-corrected chi connectivity index (χ3v) is 7.40. The summed E-state index contributed by atoms with van der Waals surface area (Å²) >= 11 is 0. The monoisotopic (exact) mass is 322 g/mol. The number of epoxide rings is 1. The molecule has 5 aliphatic rings. The van der Waals surface area contributed by atoms with Gasteiger partial charge < -0.3 is 18.9 Å². The fourth-order valence-electron chi connectivity index (χ4n) is 6.51. The normalized spacial score (nSPS) is 59.3. The zero-order valence-electron chi connectivity index (χ0n) is 13.7. The van der Waals surface area contributed by atoms with Gasteiger partial charge in [-0.2, -0.15) is 0 Å². The van der Waals surface area contributed by atoms with Crippen LogP contribution in [0.25, 0.3) is 0 Å². The van der Waals surface area contributed by atoms with Crippen LogP contribution in [0.4, 0.5) is 0 Å². The van der Waals surface area contributed by atoms with Crippen LogP contribution in [0.15, 0.2) is 0 Å². The van der Waals surface area contributed by atoms with E-state index >= 15 is 0 Å². The number of hydrogen-bond acceptors (Lipinski definition) is 6. The van der Waals surface area contributed by atoms with E-state index in [1.165, 1.54) is 7.11 Å². The van der Waals surface area contributed by atoms with Gasteiger partial charge in [0.05, 0.1) is 11.8 Å². The standard InChI is InChI=1S/C17H22O6/c1-15-5-4-6-16(2)11(15)10(22-13(16)19)12-17(23-12)8(15)7-9(18)21-14(17)20-3/h8,10-12,14H,4-7H2,1-3H3/t8?,10-,11?,12?,14?,15+,16?,17?/m0/s1. The van der Waals surface area contributed by atoms with E-state index in [1.54, 1.807) is 0 Å². The van der Waals surface area contributed by atoms with Crippen molar-refractivity contribution in [2.45, 2.75) is 63.6 Å². The van der Waals surface area contributed by atoms with Gasteiger partial charge in [-0.05, 0) is 25.2 Å². The van der Waals surface area contributed by atoms with E-state index < -0.39 is 17.3 Å². The Hall–Kier alpha value is -1.14. The fourth-order valence-corrected chi connectivity index (χ4v) is 6.51. The van der Waals surface area contributed by atoms with Crippen LogP contribution < -0.4 is 0 Å². The first-order valence-electron chi connectivity index (χ1n) is 8.49. The largest absolute Gasteiger partial charge is 0.459 e. The van der Waals surface area contributed by atoms with Gasteiger partial charge in [0.2, 0.25) is 6.29 Å². The lowest BCUT2D eigenvalue weighted by Gasteiger charge is -2.56. The van der Waals surface area contributed by atoms with Crippen molar-refractivity contribution < 1.29 is 28.5 Å². The van der Waals surface area contributed by atoms with Gasteiger partial charge in [-0.15, -0.1) is 0 Å². The molecule has 6 heteroatoms. The Labute approximate surface area is 134 Å². The molecule has 23 heavy (non-hydrogen) atoms. The average Bonchev–Trinajstić information content (AvgIpc) is 3.17. The average molecular weight is 322 g/mol. The van der Waals surface area contributed by atoms with Gasteiger partial charge in [0.15, 0.2) is 5.60 Å². The number of carbonyl (C=O) groups excluding carboxylic acids is 2. The number of carbonyl (C=O) groups is 2. The minimum atomic E-state index is -0.705. The molecule has 6 nitrogen and oxygen atoms in total. The van der Waals surface area contributed by atoms with Crippen molar-refractivity contribution in [3.63, 3.8) is 0 Å². The van der Waals surface area contributed by atoms with Gasteiger partial charge in [0.25, 0.3) is 0 Å². The van der Waals surface area contributed by atoms with Crippen molar-refractivity contribution in [3.8, 4) is 0 Å². The molecule has 0 aromatic carbocycles. The summed E-state index contributed by atoms with van der Waals surface area (Å²) in [7, 11) is 1.54. The number of hydrogen-bond donors (Lipinski definition) is 0. The maximum absolute atomic E-state index is 12.6. The Bertz CT molecular complexity index is 618. The highest BCUT2D eigenvalue weighted by atomic mass is 16.8. The van der Waals surface area contributed by atoms with E-state index in [1.807, 2.05) is 6.92 Å². The van der Waals surface area contributed by atoms with Crippen molar-refractivity contribution in [1.29, 1.82) is 0 Å². The molecule has 5 rings (SSSR count). The summed E-state index contributed by atoms with van der Waals surface area (Å²) in [5.74, 6) is -0.227. The Morgan fingerprint density at radius 3 is 2.70 bits per heavy atom. The van der Waals surface area contributed by atoms with Crippen LogP contribution in [0.1, 0.15) is 39.5 Å². The number of fused-ring (bicyclic) bond motifs is 2. The molecule has 126 valence electrons. The first kappa shape index (κ1) is 14.2. The molecule has 0 bridgehead atoms. The molecule has 6 unspecified atom stereocenters. The van der Waals surface area contributed by atoms with E-state index in [-0.39, 0.29) is 41.4 Å². The molecule has 5 fully saturated rings. The summed E-state index contributed by atoms with van der Waals surface area (Å²) in [4.78, 5) is 24.7. The molecular weight excluding hydrogens is 300 g/mol. The molecule has 0 aromatic heterocycles. The van der Waals surface area contributed by atoms with Crippen molar-refractivity contribution in [2.75, 3.05) is 7.11 Å².